The number of nitrogen functional groups attached to an aromatic ring is 1. The Morgan fingerprint density at radius 3 is 2.29 bits per heavy atom. The molecular weight excluding hydrogens is 238 g/mol. The third-order valence-electron chi connectivity index (χ3n) is 2.28. The monoisotopic (exact) mass is 249 g/mol. The van der Waals surface area contributed by atoms with Crippen LogP contribution in [0.1, 0.15) is 11.1 Å². The minimum atomic E-state index is 0.363. The summed E-state index contributed by atoms with van der Waals surface area (Å²) in [5, 5.41) is 0.691. The SMILES string of the molecule is Cc1cc(Cl)cc(C)c1Oc1cnc(N)cn1. The molecule has 1 aromatic heterocycles. The van der Waals surface area contributed by atoms with E-state index in [4.69, 9.17) is 22.1 Å². The van der Waals surface area contributed by atoms with E-state index >= 15 is 0 Å². The first-order valence-electron chi connectivity index (χ1n) is 5.08. The van der Waals surface area contributed by atoms with E-state index < -0.39 is 0 Å². The fourth-order valence-corrected chi connectivity index (χ4v) is 1.87. The Balaban J connectivity index is 2.33. The molecule has 1 heterocycles. The van der Waals surface area contributed by atoms with Gasteiger partial charge in [-0.1, -0.05) is 11.6 Å². The highest BCUT2D eigenvalue weighted by Gasteiger charge is 2.07. The van der Waals surface area contributed by atoms with E-state index in [1.807, 2.05) is 26.0 Å². The molecule has 0 amide bonds. The van der Waals surface area contributed by atoms with E-state index in [1.165, 1.54) is 12.4 Å². The number of nitrogens with zero attached hydrogens (tertiary/aromatic N) is 2. The highest BCUT2D eigenvalue weighted by molar-refractivity contribution is 6.30. The first-order valence-corrected chi connectivity index (χ1v) is 5.46. The second-order valence-corrected chi connectivity index (χ2v) is 4.19. The number of anilines is 1. The number of hydrogen-bond acceptors (Lipinski definition) is 4. The molecule has 0 spiro atoms. The van der Waals surface area contributed by atoms with E-state index in [1.54, 1.807) is 0 Å². The molecule has 0 unspecified atom stereocenters. The molecule has 88 valence electrons. The summed E-state index contributed by atoms with van der Waals surface area (Å²) in [6.45, 7) is 3.86. The van der Waals surface area contributed by atoms with Crippen LogP contribution in [0.3, 0.4) is 0 Å². The van der Waals surface area contributed by atoms with E-state index in [-0.39, 0.29) is 0 Å². The third-order valence-corrected chi connectivity index (χ3v) is 2.50. The maximum atomic E-state index is 5.95. The number of rotatable bonds is 2. The highest BCUT2D eigenvalue weighted by atomic mass is 35.5. The van der Waals surface area contributed by atoms with Crippen LogP contribution < -0.4 is 10.5 Å². The molecule has 2 rings (SSSR count). The molecule has 17 heavy (non-hydrogen) atoms. The maximum Gasteiger partial charge on any atom is 0.238 e. The molecule has 0 saturated heterocycles. The van der Waals surface area contributed by atoms with E-state index in [0.29, 0.717) is 16.7 Å². The molecule has 0 saturated carbocycles. The Bertz CT molecular complexity index is 517. The lowest BCUT2D eigenvalue weighted by Crippen LogP contribution is -1.96. The van der Waals surface area contributed by atoms with Gasteiger partial charge in [0.2, 0.25) is 5.88 Å². The fraction of sp³-hybridized carbons (Fsp3) is 0.167. The Hall–Kier alpha value is -1.81. The lowest BCUT2D eigenvalue weighted by molar-refractivity contribution is 0.453. The van der Waals surface area contributed by atoms with Crippen LogP contribution in [0.25, 0.3) is 0 Å². The summed E-state index contributed by atoms with van der Waals surface area (Å²) in [7, 11) is 0. The predicted molar refractivity (Wildman–Crippen MR) is 67.4 cm³/mol. The van der Waals surface area contributed by atoms with Crippen LogP contribution in [0.4, 0.5) is 5.82 Å². The second kappa shape index (κ2) is 4.59. The molecule has 4 nitrogen and oxygen atoms in total. The van der Waals surface area contributed by atoms with Crippen molar-refractivity contribution in [2.75, 3.05) is 5.73 Å². The molecule has 2 N–H and O–H groups in total. The predicted octanol–water partition coefficient (Wildman–Crippen LogP) is 3.12. The zero-order valence-corrected chi connectivity index (χ0v) is 10.3. The quantitative estimate of drug-likeness (QED) is 0.888. The third kappa shape index (κ3) is 2.65. The molecule has 0 aliphatic carbocycles. The van der Waals surface area contributed by atoms with Gasteiger partial charge in [0.1, 0.15) is 11.6 Å². The van der Waals surface area contributed by atoms with Gasteiger partial charge in [-0.05, 0) is 37.1 Å². The highest BCUT2D eigenvalue weighted by Crippen LogP contribution is 2.30. The molecule has 0 fully saturated rings. The largest absolute Gasteiger partial charge is 0.437 e. The van der Waals surface area contributed by atoms with Crippen molar-refractivity contribution in [3.63, 3.8) is 0 Å². The first-order chi connectivity index (χ1) is 8.06. The van der Waals surface area contributed by atoms with Gasteiger partial charge >= 0.3 is 0 Å². The summed E-state index contributed by atoms with van der Waals surface area (Å²) in [6, 6.07) is 3.68. The van der Waals surface area contributed by atoms with Crippen molar-refractivity contribution in [1.29, 1.82) is 0 Å². The van der Waals surface area contributed by atoms with Crippen molar-refractivity contribution >= 4 is 17.4 Å². The van der Waals surface area contributed by atoms with Crippen molar-refractivity contribution in [3.8, 4) is 11.6 Å². The van der Waals surface area contributed by atoms with Crippen LogP contribution >= 0.6 is 11.6 Å². The summed E-state index contributed by atoms with van der Waals surface area (Å²) < 4.78 is 5.66. The maximum absolute atomic E-state index is 5.95. The van der Waals surface area contributed by atoms with Crippen molar-refractivity contribution in [2.24, 2.45) is 0 Å². The summed E-state index contributed by atoms with van der Waals surface area (Å²) >= 11 is 5.95. The molecule has 0 aliphatic rings. The number of hydrogen-bond donors (Lipinski definition) is 1. The van der Waals surface area contributed by atoms with Gasteiger partial charge in [-0.3, -0.25) is 0 Å². The average Bonchev–Trinajstić information content (AvgIpc) is 2.26. The van der Waals surface area contributed by atoms with Gasteiger partial charge in [0, 0.05) is 5.02 Å². The van der Waals surface area contributed by atoms with Gasteiger partial charge in [-0.25, -0.2) is 9.97 Å². The van der Waals surface area contributed by atoms with Crippen LogP contribution in [0.15, 0.2) is 24.5 Å². The van der Waals surface area contributed by atoms with Gasteiger partial charge in [0.15, 0.2) is 0 Å². The molecule has 1 aromatic carbocycles. The second-order valence-electron chi connectivity index (χ2n) is 3.75. The summed E-state index contributed by atoms with van der Waals surface area (Å²) in [5.74, 6) is 1.52. The zero-order chi connectivity index (χ0) is 12.4. The molecule has 0 aliphatic heterocycles. The number of aryl methyl sites for hydroxylation is 2. The molecule has 0 atom stereocenters. The van der Waals surface area contributed by atoms with Crippen LogP contribution in [0.5, 0.6) is 11.6 Å². The van der Waals surface area contributed by atoms with Crippen LogP contribution in [-0.4, -0.2) is 9.97 Å². The number of aromatic nitrogens is 2. The lowest BCUT2D eigenvalue weighted by Gasteiger charge is -2.11. The Morgan fingerprint density at radius 1 is 1.12 bits per heavy atom. The van der Waals surface area contributed by atoms with Crippen molar-refractivity contribution in [3.05, 3.63) is 40.7 Å². The van der Waals surface area contributed by atoms with E-state index in [0.717, 1.165) is 16.9 Å². The number of ether oxygens (including phenoxy) is 1. The number of benzene rings is 1. The van der Waals surface area contributed by atoms with Gasteiger partial charge in [0.25, 0.3) is 0 Å². The first kappa shape index (κ1) is 11.7. The molecule has 0 bridgehead atoms. The van der Waals surface area contributed by atoms with Gasteiger partial charge < -0.3 is 10.5 Å². The standard InChI is InChI=1S/C12H12ClN3O/c1-7-3-9(13)4-8(2)12(7)17-11-6-15-10(14)5-16-11/h3-6H,1-2H3,(H2,14,15). The molecular formula is C12H12ClN3O. The number of halogens is 1. The van der Waals surface area contributed by atoms with Crippen molar-refractivity contribution < 1.29 is 4.74 Å². The van der Waals surface area contributed by atoms with Gasteiger partial charge in [-0.2, -0.15) is 0 Å². The summed E-state index contributed by atoms with van der Waals surface area (Å²) in [6.07, 6.45) is 2.94. The van der Waals surface area contributed by atoms with Crippen LogP contribution in [0, 0.1) is 13.8 Å². The Morgan fingerprint density at radius 2 is 1.76 bits per heavy atom. The Kier molecular flexibility index (Phi) is 3.15. The summed E-state index contributed by atoms with van der Waals surface area (Å²) in [5.41, 5.74) is 7.36. The van der Waals surface area contributed by atoms with Crippen LogP contribution in [0.2, 0.25) is 5.02 Å². The van der Waals surface area contributed by atoms with E-state index in [2.05, 4.69) is 9.97 Å². The molecule has 5 heteroatoms. The minimum Gasteiger partial charge on any atom is -0.437 e. The smallest absolute Gasteiger partial charge is 0.238 e. The van der Waals surface area contributed by atoms with E-state index in [9.17, 15) is 0 Å². The topological polar surface area (TPSA) is 61.0 Å². The average molecular weight is 250 g/mol. The normalized spacial score (nSPS) is 10.3. The minimum absolute atomic E-state index is 0.363. The van der Waals surface area contributed by atoms with Crippen LogP contribution in [-0.2, 0) is 0 Å². The molecule has 2 aromatic rings. The number of nitrogens with two attached hydrogens (primary N) is 1. The van der Waals surface area contributed by atoms with Gasteiger partial charge in [0.05, 0.1) is 12.4 Å². The lowest BCUT2D eigenvalue weighted by atomic mass is 10.1. The fourth-order valence-electron chi connectivity index (χ4n) is 1.54. The molecule has 0 radical (unpaired) electrons. The summed E-state index contributed by atoms with van der Waals surface area (Å²) in [4.78, 5) is 7.95. The zero-order valence-electron chi connectivity index (χ0n) is 9.57. The van der Waals surface area contributed by atoms with Crippen molar-refractivity contribution in [1.82, 2.24) is 9.97 Å². The van der Waals surface area contributed by atoms with Crippen molar-refractivity contribution in [2.45, 2.75) is 13.8 Å². The van der Waals surface area contributed by atoms with Gasteiger partial charge in [-0.15, -0.1) is 0 Å². The Labute approximate surface area is 104 Å².